The third-order valence-corrected chi connectivity index (χ3v) is 2.90. The fourth-order valence-electron chi connectivity index (χ4n) is 1.96. The third kappa shape index (κ3) is 1.99. The van der Waals surface area contributed by atoms with Crippen molar-refractivity contribution in [1.29, 1.82) is 0 Å². The highest BCUT2D eigenvalue weighted by atomic mass is 16.5. The van der Waals surface area contributed by atoms with Gasteiger partial charge in [-0.25, -0.2) is 0 Å². The van der Waals surface area contributed by atoms with E-state index in [9.17, 15) is 9.90 Å². The molecular weight excluding hydrogens is 232 g/mol. The van der Waals surface area contributed by atoms with Crippen LogP contribution in [0.4, 0.5) is 0 Å². The van der Waals surface area contributed by atoms with E-state index in [1.54, 1.807) is 19.2 Å². The lowest BCUT2D eigenvalue weighted by molar-refractivity contribution is 0.407. The Morgan fingerprint density at radius 1 is 1.28 bits per heavy atom. The van der Waals surface area contributed by atoms with Crippen LogP contribution >= 0.6 is 0 Å². The molecule has 2 aromatic rings. The molecule has 5 nitrogen and oxygen atoms in total. The van der Waals surface area contributed by atoms with Crippen LogP contribution in [0, 0.1) is 0 Å². The minimum Gasteiger partial charge on any atom is -0.496 e. The van der Waals surface area contributed by atoms with Crippen molar-refractivity contribution >= 4 is 0 Å². The highest BCUT2D eigenvalue weighted by molar-refractivity contribution is 5.69. The predicted molar refractivity (Wildman–Crippen MR) is 69.2 cm³/mol. The molecule has 96 valence electrons. The average molecular weight is 248 g/mol. The van der Waals surface area contributed by atoms with E-state index in [1.807, 2.05) is 19.9 Å². The molecule has 0 aliphatic rings. The largest absolute Gasteiger partial charge is 0.496 e. The molecule has 0 spiro atoms. The second kappa shape index (κ2) is 4.60. The Balaban J connectivity index is 2.61. The van der Waals surface area contributed by atoms with Crippen LogP contribution in [0.5, 0.6) is 11.6 Å². The van der Waals surface area contributed by atoms with Crippen LogP contribution in [0.2, 0.25) is 0 Å². The summed E-state index contributed by atoms with van der Waals surface area (Å²) < 4.78 is 5.28. The second-order valence-electron chi connectivity index (χ2n) is 4.41. The maximum atomic E-state index is 11.6. The first kappa shape index (κ1) is 12.3. The van der Waals surface area contributed by atoms with Crippen LogP contribution in [-0.2, 0) is 0 Å². The molecule has 3 N–H and O–H groups in total. The maximum Gasteiger partial charge on any atom is 0.275 e. The number of H-pyrrole nitrogens is 2. The number of hydrogen-bond acceptors (Lipinski definition) is 3. The minimum atomic E-state index is -0.340. The summed E-state index contributed by atoms with van der Waals surface area (Å²) in [6.07, 6.45) is 0. The lowest BCUT2D eigenvalue weighted by Crippen LogP contribution is -2.02. The first-order valence-corrected chi connectivity index (χ1v) is 5.72. The van der Waals surface area contributed by atoms with E-state index in [0.29, 0.717) is 5.56 Å². The van der Waals surface area contributed by atoms with Gasteiger partial charge in [0, 0.05) is 0 Å². The molecule has 0 radical (unpaired) electrons. The zero-order chi connectivity index (χ0) is 13.3. The fourth-order valence-corrected chi connectivity index (χ4v) is 1.96. The Morgan fingerprint density at radius 3 is 2.50 bits per heavy atom. The number of methoxy groups -OCH3 is 1. The summed E-state index contributed by atoms with van der Waals surface area (Å²) in [5.74, 6) is 0.889. The van der Waals surface area contributed by atoms with Crippen LogP contribution in [-0.4, -0.2) is 22.4 Å². The van der Waals surface area contributed by atoms with Gasteiger partial charge in [-0.05, 0) is 29.2 Å². The molecule has 2 rings (SSSR count). The molecule has 0 saturated carbocycles. The Bertz CT molecular complexity index is 611. The first-order chi connectivity index (χ1) is 8.54. The van der Waals surface area contributed by atoms with E-state index in [0.717, 1.165) is 11.3 Å². The molecule has 1 heterocycles. The number of aromatic nitrogens is 2. The highest BCUT2D eigenvalue weighted by Crippen LogP contribution is 2.32. The second-order valence-corrected chi connectivity index (χ2v) is 4.41. The van der Waals surface area contributed by atoms with Crippen LogP contribution < -0.4 is 10.3 Å². The smallest absolute Gasteiger partial charge is 0.275 e. The summed E-state index contributed by atoms with van der Waals surface area (Å²) >= 11 is 0. The lowest BCUT2D eigenvalue weighted by Gasteiger charge is -2.12. The van der Waals surface area contributed by atoms with Crippen molar-refractivity contribution in [2.75, 3.05) is 7.11 Å². The Labute approximate surface area is 104 Å². The van der Waals surface area contributed by atoms with Crippen molar-refractivity contribution in [1.82, 2.24) is 10.2 Å². The quantitative estimate of drug-likeness (QED) is 0.779. The normalized spacial score (nSPS) is 10.9. The highest BCUT2D eigenvalue weighted by Gasteiger charge is 2.15. The molecule has 0 amide bonds. The van der Waals surface area contributed by atoms with Gasteiger partial charge in [0.15, 0.2) is 0 Å². The van der Waals surface area contributed by atoms with Gasteiger partial charge in [-0.1, -0.05) is 19.9 Å². The predicted octanol–water partition coefficient (Wildman–Crippen LogP) is 2.21. The van der Waals surface area contributed by atoms with Crippen LogP contribution in [0.25, 0.3) is 11.1 Å². The summed E-state index contributed by atoms with van der Waals surface area (Å²) in [6, 6.07) is 5.42. The van der Waals surface area contributed by atoms with Crippen molar-refractivity contribution < 1.29 is 9.84 Å². The summed E-state index contributed by atoms with van der Waals surface area (Å²) in [4.78, 5) is 11.6. The Kier molecular flexibility index (Phi) is 3.14. The van der Waals surface area contributed by atoms with Crippen LogP contribution in [0.15, 0.2) is 23.0 Å². The van der Waals surface area contributed by atoms with Crippen molar-refractivity contribution in [3.8, 4) is 22.8 Å². The van der Waals surface area contributed by atoms with Crippen molar-refractivity contribution in [2.45, 2.75) is 19.8 Å². The number of rotatable bonds is 3. The standard InChI is InChI=1S/C13H16N2O3/c1-7(2)9-6-8(4-5-10(9)18-3)11-12(16)14-15-13(11)17/h4-7H,1-3H3,(H3,14,15,16,17). The van der Waals surface area contributed by atoms with Gasteiger partial charge < -0.3 is 9.84 Å². The van der Waals surface area contributed by atoms with E-state index in [1.165, 1.54) is 0 Å². The summed E-state index contributed by atoms with van der Waals surface area (Å²) in [6.45, 7) is 4.09. The number of ether oxygens (including phenoxy) is 1. The van der Waals surface area contributed by atoms with Crippen molar-refractivity contribution in [3.05, 3.63) is 34.1 Å². The molecule has 0 fully saturated rings. The lowest BCUT2D eigenvalue weighted by atomic mass is 9.97. The van der Waals surface area contributed by atoms with Crippen molar-refractivity contribution in [3.63, 3.8) is 0 Å². The number of benzene rings is 1. The Hall–Kier alpha value is -2.17. The van der Waals surface area contributed by atoms with E-state index in [-0.39, 0.29) is 22.9 Å². The number of hydrogen-bond donors (Lipinski definition) is 3. The van der Waals surface area contributed by atoms with E-state index >= 15 is 0 Å². The van der Waals surface area contributed by atoms with E-state index in [4.69, 9.17) is 4.74 Å². The molecule has 0 aliphatic heterocycles. The van der Waals surface area contributed by atoms with Crippen LogP contribution in [0.1, 0.15) is 25.3 Å². The molecule has 0 atom stereocenters. The molecule has 1 aromatic carbocycles. The SMILES string of the molecule is COc1ccc(-c2c(O)[nH][nH]c2=O)cc1C(C)C. The van der Waals surface area contributed by atoms with Gasteiger partial charge in [0.1, 0.15) is 11.3 Å². The minimum absolute atomic E-state index is 0.153. The summed E-state index contributed by atoms with van der Waals surface area (Å²) in [5.41, 5.74) is 1.57. The van der Waals surface area contributed by atoms with Gasteiger partial charge >= 0.3 is 0 Å². The van der Waals surface area contributed by atoms with E-state index in [2.05, 4.69) is 10.2 Å². The first-order valence-electron chi connectivity index (χ1n) is 5.72. The van der Waals surface area contributed by atoms with Gasteiger partial charge in [0.05, 0.1) is 7.11 Å². The molecule has 0 saturated heterocycles. The van der Waals surface area contributed by atoms with Gasteiger partial charge in [-0.3, -0.25) is 15.0 Å². The molecule has 0 bridgehead atoms. The van der Waals surface area contributed by atoms with Crippen LogP contribution in [0.3, 0.4) is 0 Å². The van der Waals surface area contributed by atoms with Gasteiger partial charge in [0.2, 0.25) is 5.88 Å². The molecule has 5 heteroatoms. The fraction of sp³-hybridized carbons (Fsp3) is 0.308. The monoisotopic (exact) mass is 248 g/mol. The zero-order valence-electron chi connectivity index (χ0n) is 10.6. The van der Waals surface area contributed by atoms with Crippen molar-refractivity contribution in [2.24, 2.45) is 0 Å². The third-order valence-electron chi connectivity index (χ3n) is 2.90. The van der Waals surface area contributed by atoms with Gasteiger partial charge in [-0.15, -0.1) is 0 Å². The topological polar surface area (TPSA) is 78.1 Å². The summed E-state index contributed by atoms with van der Waals surface area (Å²) in [5, 5.41) is 14.4. The van der Waals surface area contributed by atoms with Gasteiger partial charge in [-0.2, -0.15) is 0 Å². The molecule has 1 aromatic heterocycles. The van der Waals surface area contributed by atoms with Gasteiger partial charge in [0.25, 0.3) is 5.56 Å². The molecular formula is C13H16N2O3. The number of aromatic amines is 2. The molecule has 0 aliphatic carbocycles. The summed E-state index contributed by atoms with van der Waals surface area (Å²) in [7, 11) is 1.61. The maximum absolute atomic E-state index is 11.6. The number of nitrogens with one attached hydrogen (secondary N) is 2. The average Bonchev–Trinajstić information content (AvgIpc) is 2.68. The Morgan fingerprint density at radius 2 is 2.00 bits per heavy atom. The number of aromatic hydroxyl groups is 1. The van der Waals surface area contributed by atoms with E-state index < -0.39 is 0 Å². The zero-order valence-corrected chi connectivity index (χ0v) is 10.6. The molecule has 0 unspecified atom stereocenters. The molecule has 18 heavy (non-hydrogen) atoms.